The third kappa shape index (κ3) is 2.48. The molecule has 2 atom stereocenters. The molecule has 3 heteroatoms. The molecule has 1 rings (SSSR count). The molecule has 1 aromatic rings. The number of hydrogen-bond donors (Lipinski definition) is 2. The molecule has 0 aromatic heterocycles. The Labute approximate surface area is 83.2 Å². The Morgan fingerprint density at radius 1 is 1.36 bits per heavy atom. The summed E-state index contributed by atoms with van der Waals surface area (Å²) in [6, 6.07) is 8.39. The first-order chi connectivity index (χ1) is 6.65. The summed E-state index contributed by atoms with van der Waals surface area (Å²) in [7, 11) is 0. The van der Waals surface area contributed by atoms with E-state index in [-0.39, 0.29) is 11.7 Å². The van der Waals surface area contributed by atoms with Crippen LogP contribution in [0, 0.1) is 17.2 Å². The Morgan fingerprint density at radius 3 is 2.43 bits per heavy atom. The minimum atomic E-state index is -0.643. The van der Waals surface area contributed by atoms with Gasteiger partial charge in [0.1, 0.15) is 5.75 Å². The smallest absolute Gasteiger partial charge is 0.115 e. The lowest BCUT2D eigenvalue weighted by Gasteiger charge is -2.16. The van der Waals surface area contributed by atoms with Crippen LogP contribution < -0.4 is 0 Å². The van der Waals surface area contributed by atoms with Gasteiger partial charge in [0.15, 0.2) is 0 Å². The van der Waals surface area contributed by atoms with Crippen molar-refractivity contribution in [3.8, 4) is 11.8 Å². The zero-order valence-corrected chi connectivity index (χ0v) is 8.01. The van der Waals surface area contributed by atoms with Crippen molar-refractivity contribution in [1.29, 1.82) is 5.26 Å². The third-order valence-corrected chi connectivity index (χ3v) is 2.19. The molecule has 0 radical (unpaired) electrons. The molecule has 3 nitrogen and oxygen atoms in total. The number of phenols is 1. The van der Waals surface area contributed by atoms with Gasteiger partial charge in [0.2, 0.25) is 0 Å². The predicted molar refractivity (Wildman–Crippen MR) is 52.5 cm³/mol. The molecule has 0 spiro atoms. The van der Waals surface area contributed by atoms with Gasteiger partial charge in [-0.05, 0) is 23.6 Å². The lowest BCUT2D eigenvalue weighted by Crippen LogP contribution is -2.08. The Morgan fingerprint density at radius 2 is 1.93 bits per heavy atom. The SMILES string of the molecule is CC(CC#N)C(O)c1ccc(O)cc1. The molecule has 0 heterocycles. The van der Waals surface area contributed by atoms with E-state index in [9.17, 15) is 5.11 Å². The molecule has 0 saturated heterocycles. The van der Waals surface area contributed by atoms with E-state index in [2.05, 4.69) is 0 Å². The Bertz CT molecular complexity index is 326. The van der Waals surface area contributed by atoms with Crippen LogP contribution in [-0.2, 0) is 0 Å². The van der Waals surface area contributed by atoms with Gasteiger partial charge in [-0.25, -0.2) is 0 Å². The standard InChI is InChI=1S/C11H13NO2/c1-8(6-7-12)11(14)9-2-4-10(13)5-3-9/h2-5,8,11,13-14H,6H2,1H3. The molecule has 0 aliphatic heterocycles. The maximum absolute atomic E-state index is 9.78. The van der Waals surface area contributed by atoms with Crippen LogP contribution in [0.15, 0.2) is 24.3 Å². The van der Waals surface area contributed by atoms with Gasteiger partial charge in [0, 0.05) is 6.42 Å². The molecule has 0 saturated carbocycles. The number of aliphatic hydroxyl groups is 1. The first-order valence-electron chi connectivity index (χ1n) is 4.49. The molecular formula is C11H13NO2. The van der Waals surface area contributed by atoms with Gasteiger partial charge in [-0.15, -0.1) is 0 Å². The maximum atomic E-state index is 9.78. The largest absolute Gasteiger partial charge is 0.508 e. The first-order valence-corrected chi connectivity index (χ1v) is 4.49. The fraction of sp³-hybridized carbons (Fsp3) is 0.364. The lowest BCUT2D eigenvalue weighted by atomic mass is 9.95. The number of benzene rings is 1. The second-order valence-electron chi connectivity index (χ2n) is 3.38. The average molecular weight is 191 g/mol. The summed E-state index contributed by atoms with van der Waals surface area (Å²) >= 11 is 0. The molecule has 2 unspecified atom stereocenters. The summed E-state index contributed by atoms with van der Waals surface area (Å²) in [5, 5.41) is 27.3. The second kappa shape index (κ2) is 4.64. The van der Waals surface area contributed by atoms with Gasteiger partial charge in [-0.3, -0.25) is 0 Å². The van der Waals surface area contributed by atoms with E-state index >= 15 is 0 Å². The van der Waals surface area contributed by atoms with Crippen LogP contribution in [0.25, 0.3) is 0 Å². The zero-order valence-electron chi connectivity index (χ0n) is 8.01. The number of nitriles is 1. The van der Waals surface area contributed by atoms with Gasteiger partial charge >= 0.3 is 0 Å². The number of rotatable bonds is 3. The zero-order chi connectivity index (χ0) is 10.6. The van der Waals surface area contributed by atoms with E-state index < -0.39 is 6.10 Å². The Kier molecular flexibility index (Phi) is 3.49. The van der Waals surface area contributed by atoms with E-state index in [0.717, 1.165) is 5.56 Å². The number of aromatic hydroxyl groups is 1. The van der Waals surface area contributed by atoms with Crippen molar-refractivity contribution in [2.24, 2.45) is 5.92 Å². The summed E-state index contributed by atoms with van der Waals surface area (Å²) < 4.78 is 0. The van der Waals surface area contributed by atoms with Crippen molar-refractivity contribution in [2.75, 3.05) is 0 Å². The van der Waals surface area contributed by atoms with E-state index in [1.54, 1.807) is 12.1 Å². The minimum absolute atomic E-state index is 0.0930. The quantitative estimate of drug-likeness (QED) is 0.767. The topological polar surface area (TPSA) is 64.2 Å². The van der Waals surface area contributed by atoms with Crippen LogP contribution in [0.3, 0.4) is 0 Å². The van der Waals surface area contributed by atoms with Crippen molar-refractivity contribution < 1.29 is 10.2 Å². The van der Waals surface area contributed by atoms with Crippen LogP contribution in [0.1, 0.15) is 25.0 Å². The number of hydrogen-bond acceptors (Lipinski definition) is 3. The molecule has 0 fully saturated rings. The molecule has 0 amide bonds. The average Bonchev–Trinajstić information content (AvgIpc) is 2.18. The molecule has 0 aliphatic rings. The molecule has 74 valence electrons. The summed E-state index contributed by atoms with van der Waals surface area (Å²) in [5.74, 6) is 0.0819. The summed E-state index contributed by atoms with van der Waals surface area (Å²) in [4.78, 5) is 0. The van der Waals surface area contributed by atoms with Crippen molar-refractivity contribution in [1.82, 2.24) is 0 Å². The van der Waals surface area contributed by atoms with Crippen LogP contribution in [0.4, 0.5) is 0 Å². The summed E-state index contributed by atoms with van der Waals surface area (Å²) in [6.45, 7) is 1.82. The molecule has 14 heavy (non-hydrogen) atoms. The number of nitrogens with zero attached hydrogens (tertiary/aromatic N) is 1. The maximum Gasteiger partial charge on any atom is 0.115 e. The van der Waals surface area contributed by atoms with Crippen LogP contribution >= 0.6 is 0 Å². The monoisotopic (exact) mass is 191 g/mol. The number of aliphatic hydroxyl groups excluding tert-OH is 1. The van der Waals surface area contributed by atoms with Crippen molar-refractivity contribution in [3.63, 3.8) is 0 Å². The van der Waals surface area contributed by atoms with Crippen molar-refractivity contribution in [3.05, 3.63) is 29.8 Å². The summed E-state index contributed by atoms with van der Waals surface area (Å²) in [5.41, 5.74) is 0.727. The first kappa shape index (κ1) is 10.6. The number of phenolic OH excluding ortho intramolecular Hbond substituents is 1. The van der Waals surface area contributed by atoms with E-state index in [4.69, 9.17) is 10.4 Å². The molecule has 1 aromatic carbocycles. The second-order valence-corrected chi connectivity index (χ2v) is 3.38. The highest BCUT2D eigenvalue weighted by Crippen LogP contribution is 2.25. The van der Waals surface area contributed by atoms with E-state index in [1.807, 2.05) is 13.0 Å². The third-order valence-electron chi connectivity index (χ3n) is 2.19. The van der Waals surface area contributed by atoms with E-state index in [1.165, 1.54) is 12.1 Å². The van der Waals surface area contributed by atoms with Crippen LogP contribution in [-0.4, -0.2) is 10.2 Å². The van der Waals surface area contributed by atoms with Gasteiger partial charge in [-0.2, -0.15) is 5.26 Å². The van der Waals surface area contributed by atoms with Gasteiger partial charge in [-0.1, -0.05) is 19.1 Å². The molecule has 0 bridgehead atoms. The summed E-state index contributed by atoms with van der Waals surface area (Å²) in [6.07, 6.45) is -0.322. The van der Waals surface area contributed by atoms with Crippen molar-refractivity contribution in [2.45, 2.75) is 19.4 Å². The minimum Gasteiger partial charge on any atom is -0.508 e. The van der Waals surface area contributed by atoms with Gasteiger partial charge in [0.25, 0.3) is 0 Å². The highest BCUT2D eigenvalue weighted by molar-refractivity contribution is 5.27. The highest BCUT2D eigenvalue weighted by Gasteiger charge is 2.15. The molecule has 0 aliphatic carbocycles. The van der Waals surface area contributed by atoms with Gasteiger partial charge in [0.05, 0.1) is 12.2 Å². The van der Waals surface area contributed by atoms with Crippen molar-refractivity contribution >= 4 is 0 Å². The normalized spacial score (nSPS) is 14.4. The fourth-order valence-corrected chi connectivity index (χ4v) is 1.26. The molecular weight excluding hydrogens is 178 g/mol. The Balaban J connectivity index is 2.74. The highest BCUT2D eigenvalue weighted by atomic mass is 16.3. The Hall–Kier alpha value is -1.53. The van der Waals surface area contributed by atoms with Gasteiger partial charge < -0.3 is 10.2 Å². The van der Waals surface area contributed by atoms with Crippen LogP contribution in [0.2, 0.25) is 0 Å². The fourth-order valence-electron chi connectivity index (χ4n) is 1.26. The van der Waals surface area contributed by atoms with E-state index in [0.29, 0.717) is 6.42 Å². The molecule has 2 N–H and O–H groups in total. The lowest BCUT2D eigenvalue weighted by molar-refractivity contribution is 0.120. The van der Waals surface area contributed by atoms with Crippen LogP contribution in [0.5, 0.6) is 5.75 Å². The predicted octanol–water partition coefficient (Wildman–Crippen LogP) is 1.98.